The molecule has 0 spiro atoms. The third-order valence-corrected chi connectivity index (χ3v) is 3.23. The maximum absolute atomic E-state index is 11.1. The molecule has 1 N–H and O–H groups in total. The van der Waals surface area contributed by atoms with Gasteiger partial charge in [-0.3, -0.25) is 0 Å². The smallest absolute Gasteiger partial charge is 0.343 e. The molecule has 1 saturated heterocycles. The molecule has 1 aromatic rings. The van der Waals surface area contributed by atoms with Gasteiger partial charge in [-0.05, 0) is 18.6 Å². The number of piperazine rings is 1. The monoisotopic (exact) mass is 264 g/mol. The summed E-state index contributed by atoms with van der Waals surface area (Å²) in [4.78, 5) is 13.4. The molecule has 104 valence electrons. The second-order valence-electron chi connectivity index (χ2n) is 4.55. The lowest BCUT2D eigenvalue weighted by atomic mass is 10.2. The molecule has 0 aromatic heterocycles. The van der Waals surface area contributed by atoms with Crippen LogP contribution in [0.3, 0.4) is 0 Å². The molecule has 5 nitrogen and oxygen atoms in total. The molecule has 2 rings (SSSR count). The average Bonchev–Trinajstić information content (AvgIpc) is 2.47. The van der Waals surface area contributed by atoms with E-state index in [-0.39, 0.29) is 12.6 Å². The van der Waals surface area contributed by atoms with Crippen molar-refractivity contribution in [3.8, 4) is 5.75 Å². The van der Waals surface area contributed by atoms with E-state index < -0.39 is 0 Å². The largest absolute Gasteiger partial charge is 0.482 e. The molecule has 1 heterocycles. The molecule has 0 atom stereocenters. The fourth-order valence-electron chi connectivity index (χ4n) is 2.06. The maximum atomic E-state index is 11.1. The van der Waals surface area contributed by atoms with Crippen molar-refractivity contribution in [1.82, 2.24) is 5.32 Å². The molecule has 0 radical (unpaired) electrons. The standard InChI is InChI=1S/C14H20N2O3/c1-11-3-4-12(16-7-5-15-6-8-16)9-13(11)19-10-14(17)18-2/h3-4,9,15H,5-8,10H2,1-2H3. The van der Waals surface area contributed by atoms with Crippen molar-refractivity contribution in [3.05, 3.63) is 23.8 Å². The van der Waals surface area contributed by atoms with Crippen molar-refractivity contribution >= 4 is 11.7 Å². The Morgan fingerprint density at radius 3 is 2.79 bits per heavy atom. The van der Waals surface area contributed by atoms with Gasteiger partial charge >= 0.3 is 5.97 Å². The quantitative estimate of drug-likeness (QED) is 0.821. The summed E-state index contributed by atoms with van der Waals surface area (Å²) in [6.07, 6.45) is 0. The highest BCUT2D eigenvalue weighted by Gasteiger charge is 2.12. The van der Waals surface area contributed by atoms with Crippen LogP contribution in [0.5, 0.6) is 5.75 Å². The fraction of sp³-hybridized carbons (Fsp3) is 0.500. The van der Waals surface area contributed by atoms with Gasteiger partial charge in [-0.25, -0.2) is 4.79 Å². The normalized spacial score (nSPS) is 15.2. The highest BCUT2D eigenvalue weighted by molar-refractivity contribution is 5.71. The van der Waals surface area contributed by atoms with E-state index in [0.717, 1.165) is 43.2 Å². The molecular formula is C14H20N2O3. The number of hydrogen-bond acceptors (Lipinski definition) is 5. The van der Waals surface area contributed by atoms with Gasteiger partial charge in [0.05, 0.1) is 7.11 Å². The zero-order valence-corrected chi connectivity index (χ0v) is 11.4. The summed E-state index contributed by atoms with van der Waals surface area (Å²) in [6, 6.07) is 6.10. The SMILES string of the molecule is COC(=O)COc1cc(N2CCNCC2)ccc1C. The highest BCUT2D eigenvalue weighted by Crippen LogP contribution is 2.25. The number of nitrogens with zero attached hydrogens (tertiary/aromatic N) is 1. The molecule has 1 aliphatic rings. The topological polar surface area (TPSA) is 50.8 Å². The number of hydrogen-bond donors (Lipinski definition) is 1. The summed E-state index contributed by atoms with van der Waals surface area (Å²) in [5.41, 5.74) is 2.15. The molecular weight excluding hydrogens is 244 g/mol. The molecule has 5 heteroatoms. The number of methoxy groups -OCH3 is 1. The summed E-state index contributed by atoms with van der Waals surface area (Å²) in [5.74, 6) is 0.369. The Morgan fingerprint density at radius 2 is 2.11 bits per heavy atom. The van der Waals surface area contributed by atoms with Crippen LogP contribution in [0.4, 0.5) is 5.69 Å². The zero-order chi connectivity index (χ0) is 13.7. The van der Waals surface area contributed by atoms with Gasteiger partial charge in [0.1, 0.15) is 5.75 Å². The molecule has 19 heavy (non-hydrogen) atoms. The van der Waals surface area contributed by atoms with Crippen molar-refractivity contribution in [1.29, 1.82) is 0 Å². The van der Waals surface area contributed by atoms with Gasteiger partial charge in [-0.1, -0.05) is 6.07 Å². The van der Waals surface area contributed by atoms with Crippen molar-refractivity contribution in [2.75, 3.05) is 44.8 Å². The Labute approximate surface area is 113 Å². The van der Waals surface area contributed by atoms with Crippen LogP contribution in [0.25, 0.3) is 0 Å². The van der Waals surface area contributed by atoms with E-state index in [0.29, 0.717) is 0 Å². The molecule has 0 unspecified atom stereocenters. The second-order valence-corrected chi connectivity index (χ2v) is 4.55. The summed E-state index contributed by atoms with van der Waals surface area (Å²) >= 11 is 0. The van der Waals surface area contributed by atoms with Gasteiger partial charge in [0.25, 0.3) is 0 Å². The first kappa shape index (κ1) is 13.7. The van der Waals surface area contributed by atoms with Crippen LogP contribution in [-0.2, 0) is 9.53 Å². The Morgan fingerprint density at radius 1 is 1.37 bits per heavy atom. The Kier molecular flexibility index (Phi) is 4.63. The van der Waals surface area contributed by atoms with Crippen molar-refractivity contribution in [2.45, 2.75) is 6.92 Å². The van der Waals surface area contributed by atoms with Crippen LogP contribution < -0.4 is 15.0 Å². The van der Waals surface area contributed by atoms with E-state index in [1.54, 1.807) is 0 Å². The second kappa shape index (κ2) is 6.43. The minimum Gasteiger partial charge on any atom is -0.482 e. The molecule has 1 aromatic carbocycles. The first-order chi connectivity index (χ1) is 9.20. The predicted octanol–water partition coefficient (Wildman–Crippen LogP) is 0.956. The number of carbonyl (C=O) groups excluding carboxylic acids is 1. The van der Waals surface area contributed by atoms with Gasteiger partial charge in [0.2, 0.25) is 0 Å². The number of rotatable bonds is 4. The molecule has 0 bridgehead atoms. The van der Waals surface area contributed by atoms with E-state index >= 15 is 0 Å². The number of esters is 1. The van der Waals surface area contributed by atoms with Crippen LogP contribution in [0.2, 0.25) is 0 Å². The minimum absolute atomic E-state index is 0.0532. The third-order valence-electron chi connectivity index (χ3n) is 3.23. The lowest BCUT2D eigenvalue weighted by Gasteiger charge is -2.29. The maximum Gasteiger partial charge on any atom is 0.343 e. The Hall–Kier alpha value is -1.75. The van der Waals surface area contributed by atoms with Gasteiger partial charge in [0.15, 0.2) is 6.61 Å². The van der Waals surface area contributed by atoms with Gasteiger partial charge < -0.3 is 19.7 Å². The minimum atomic E-state index is -0.369. The van der Waals surface area contributed by atoms with Gasteiger partial charge in [-0.2, -0.15) is 0 Å². The summed E-state index contributed by atoms with van der Waals surface area (Å²) in [6.45, 7) is 5.87. The van der Waals surface area contributed by atoms with E-state index in [1.807, 2.05) is 19.1 Å². The number of anilines is 1. The fourth-order valence-corrected chi connectivity index (χ4v) is 2.06. The van der Waals surface area contributed by atoms with Crippen molar-refractivity contribution in [2.24, 2.45) is 0 Å². The number of carbonyl (C=O) groups is 1. The number of ether oxygens (including phenoxy) is 2. The summed E-state index contributed by atoms with van der Waals surface area (Å²) < 4.78 is 10.1. The van der Waals surface area contributed by atoms with Crippen molar-refractivity contribution in [3.63, 3.8) is 0 Å². The lowest BCUT2D eigenvalue weighted by molar-refractivity contribution is -0.142. The van der Waals surface area contributed by atoms with Crippen LogP contribution in [0.1, 0.15) is 5.56 Å². The van der Waals surface area contributed by atoms with E-state index in [1.165, 1.54) is 7.11 Å². The van der Waals surface area contributed by atoms with Gasteiger partial charge in [0, 0.05) is 37.9 Å². The molecule has 1 aliphatic heterocycles. The average molecular weight is 264 g/mol. The van der Waals surface area contributed by atoms with E-state index in [9.17, 15) is 4.79 Å². The van der Waals surface area contributed by atoms with Crippen LogP contribution in [0.15, 0.2) is 18.2 Å². The van der Waals surface area contributed by atoms with E-state index in [4.69, 9.17) is 4.74 Å². The third kappa shape index (κ3) is 3.61. The Balaban J connectivity index is 2.07. The first-order valence-corrected chi connectivity index (χ1v) is 6.46. The number of aryl methyl sites for hydroxylation is 1. The molecule has 0 amide bonds. The first-order valence-electron chi connectivity index (χ1n) is 6.46. The van der Waals surface area contributed by atoms with Crippen molar-refractivity contribution < 1.29 is 14.3 Å². The highest BCUT2D eigenvalue weighted by atomic mass is 16.6. The number of nitrogens with one attached hydrogen (secondary N) is 1. The van der Waals surface area contributed by atoms with Crippen LogP contribution in [-0.4, -0.2) is 45.9 Å². The predicted molar refractivity (Wildman–Crippen MR) is 73.8 cm³/mol. The lowest BCUT2D eigenvalue weighted by Crippen LogP contribution is -2.43. The van der Waals surface area contributed by atoms with Gasteiger partial charge in [-0.15, -0.1) is 0 Å². The summed E-state index contributed by atoms with van der Waals surface area (Å²) in [5, 5.41) is 3.32. The van der Waals surface area contributed by atoms with E-state index in [2.05, 4.69) is 21.0 Å². The van der Waals surface area contributed by atoms with Crippen LogP contribution >= 0.6 is 0 Å². The molecule has 0 aliphatic carbocycles. The molecule has 1 fully saturated rings. The van der Waals surface area contributed by atoms with Crippen LogP contribution in [0, 0.1) is 6.92 Å². The number of benzene rings is 1. The molecule has 0 saturated carbocycles. The summed E-state index contributed by atoms with van der Waals surface area (Å²) in [7, 11) is 1.36. The Bertz CT molecular complexity index is 442. The zero-order valence-electron chi connectivity index (χ0n) is 11.4.